The number of para-hydroxylation sites is 1. The Labute approximate surface area is 125 Å². The minimum absolute atomic E-state index is 0.00617. The summed E-state index contributed by atoms with van der Waals surface area (Å²) in [6.45, 7) is 4.71. The molecule has 2 N–H and O–H groups in total. The van der Waals surface area contributed by atoms with E-state index < -0.39 is 0 Å². The van der Waals surface area contributed by atoms with E-state index in [2.05, 4.69) is 25.1 Å². The number of aryl methyl sites for hydroxylation is 1. The van der Waals surface area contributed by atoms with Crippen LogP contribution in [0.25, 0.3) is 0 Å². The fraction of sp³-hybridized carbons (Fsp3) is 0.333. The van der Waals surface area contributed by atoms with Crippen LogP contribution in [0.5, 0.6) is 11.5 Å². The Balaban J connectivity index is 1.94. The first-order valence-corrected chi connectivity index (χ1v) is 7.43. The molecule has 1 aliphatic rings. The van der Waals surface area contributed by atoms with E-state index in [1.54, 1.807) is 0 Å². The molecule has 0 radical (unpaired) electrons. The summed E-state index contributed by atoms with van der Waals surface area (Å²) in [6.07, 6.45) is 0.707. The Hall–Kier alpha value is -2.00. The molecule has 0 amide bonds. The molecule has 0 saturated heterocycles. The zero-order valence-corrected chi connectivity index (χ0v) is 12.5. The normalized spacial score (nSPS) is 20.5. The number of ether oxygens (including phenoxy) is 2. The number of hydrogen-bond donors (Lipinski definition) is 1. The summed E-state index contributed by atoms with van der Waals surface area (Å²) in [5.74, 6) is 1.77. The van der Waals surface area contributed by atoms with Crippen molar-refractivity contribution >= 4 is 0 Å². The topological polar surface area (TPSA) is 44.5 Å². The fourth-order valence-corrected chi connectivity index (χ4v) is 2.85. The lowest BCUT2D eigenvalue weighted by Crippen LogP contribution is -2.24. The molecule has 1 aliphatic heterocycles. The number of fused-ring (bicyclic) bond motifs is 1. The summed E-state index contributed by atoms with van der Waals surface area (Å²) >= 11 is 0. The number of hydrogen-bond acceptors (Lipinski definition) is 3. The maximum atomic E-state index is 6.35. The molecule has 21 heavy (non-hydrogen) atoms. The van der Waals surface area contributed by atoms with E-state index in [0.717, 1.165) is 29.0 Å². The molecule has 0 fully saturated rings. The van der Waals surface area contributed by atoms with Gasteiger partial charge in [-0.15, -0.1) is 0 Å². The van der Waals surface area contributed by atoms with Gasteiger partial charge in [0.25, 0.3) is 0 Å². The van der Waals surface area contributed by atoms with Gasteiger partial charge in [-0.25, -0.2) is 0 Å². The fourth-order valence-electron chi connectivity index (χ4n) is 2.85. The molecule has 0 aromatic heterocycles. The second-order valence-electron chi connectivity index (χ2n) is 5.46. The Morgan fingerprint density at radius 3 is 2.81 bits per heavy atom. The third-order valence-corrected chi connectivity index (χ3v) is 3.87. The van der Waals surface area contributed by atoms with Crippen molar-refractivity contribution in [3.05, 3.63) is 59.2 Å². The molecule has 3 nitrogen and oxygen atoms in total. The Morgan fingerprint density at radius 2 is 2.00 bits per heavy atom. The van der Waals surface area contributed by atoms with Crippen LogP contribution < -0.4 is 15.2 Å². The molecule has 0 spiro atoms. The molecule has 0 aliphatic carbocycles. The van der Waals surface area contributed by atoms with Gasteiger partial charge in [0.1, 0.15) is 17.6 Å². The predicted octanol–water partition coefficient (Wildman–Crippen LogP) is 3.92. The predicted molar refractivity (Wildman–Crippen MR) is 83.7 cm³/mol. The van der Waals surface area contributed by atoms with E-state index >= 15 is 0 Å². The van der Waals surface area contributed by atoms with Gasteiger partial charge in [0.15, 0.2) is 0 Å². The summed E-state index contributed by atoms with van der Waals surface area (Å²) < 4.78 is 11.9. The molecule has 0 saturated carbocycles. The average Bonchev–Trinajstić information content (AvgIpc) is 2.49. The quantitative estimate of drug-likeness (QED) is 0.928. The van der Waals surface area contributed by atoms with Gasteiger partial charge in [0.2, 0.25) is 0 Å². The SMILES string of the molecule is CCOc1ccccc1C1C[C@H](N)c2cc(C)ccc2O1. The molecule has 1 unspecified atom stereocenters. The Bertz CT molecular complexity index is 639. The molecule has 3 rings (SSSR count). The van der Waals surface area contributed by atoms with Crippen LogP contribution in [0.4, 0.5) is 0 Å². The van der Waals surface area contributed by atoms with Crippen LogP contribution in [-0.2, 0) is 0 Å². The van der Waals surface area contributed by atoms with Crippen LogP contribution in [0.15, 0.2) is 42.5 Å². The van der Waals surface area contributed by atoms with Crippen molar-refractivity contribution in [2.45, 2.75) is 32.4 Å². The van der Waals surface area contributed by atoms with Crippen molar-refractivity contribution in [2.75, 3.05) is 6.61 Å². The van der Waals surface area contributed by atoms with Crippen molar-refractivity contribution in [3.63, 3.8) is 0 Å². The summed E-state index contributed by atoms with van der Waals surface area (Å²) in [5.41, 5.74) is 9.72. The highest BCUT2D eigenvalue weighted by Crippen LogP contribution is 2.42. The van der Waals surface area contributed by atoms with E-state index in [9.17, 15) is 0 Å². The van der Waals surface area contributed by atoms with Crippen LogP contribution in [0.3, 0.4) is 0 Å². The highest BCUT2D eigenvalue weighted by molar-refractivity contribution is 5.43. The molecule has 2 atom stereocenters. The highest BCUT2D eigenvalue weighted by atomic mass is 16.5. The third kappa shape index (κ3) is 2.74. The smallest absolute Gasteiger partial charge is 0.129 e. The largest absolute Gasteiger partial charge is 0.493 e. The molecule has 110 valence electrons. The van der Waals surface area contributed by atoms with Gasteiger partial charge in [0, 0.05) is 23.6 Å². The van der Waals surface area contributed by atoms with Crippen molar-refractivity contribution in [1.82, 2.24) is 0 Å². The molecule has 2 aromatic rings. The lowest BCUT2D eigenvalue weighted by Gasteiger charge is -2.31. The monoisotopic (exact) mass is 283 g/mol. The number of rotatable bonds is 3. The molecule has 3 heteroatoms. The minimum atomic E-state index is -0.0574. The zero-order chi connectivity index (χ0) is 14.8. The van der Waals surface area contributed by atoms with Crippen LogP contribution in [0, 0.1) is 6.92 Å². The van der Waals surface area contributed by atoms with E-state index in [1.807, 2.05) is 31.2 Å². The number of nitrogens with two attached hydrogens (primary N) is 1. The average molecular weight is 283 g/mol. The first-order valence-electron chi connectivity index (χ1n) is 7.43. The van der Waals surface area contributed by atoms with Crippen LogP contribution in [0.1, 0.15) is 42.2 Å². The second-order valence-corrected chi connectivity index (χ2v) is 5.46. The molecule has 0 bridgehead atoms. The maximum Gasteiger partial charge on any atom is 0.129 e. The molecule has 1 heterocycles. The molecular formula is C18H21NO2. The summed E-state index contributed by atoms with van der Waals surface area (Å²) in [4.78, 5) is 0. The molecular weight excluding hydrogens is 262 g/mol. The second kappa shape index (κ2) is 5.78. The van der Waals surface area contributed by atoms with Gasteiger partial charge in [0.05, 0.1) is 6.61 Å². The van der Waals surface area contributed by atoms with Crippen LogP contribution in [0.2, 0.25) is 0 Å². The third-order valence-electron chi connectivity index (χ3n) is 3.87. The van der Waals surface area contributed by atoms with Gasteiger partial charge >= 0.3 is 0 Å². The number of benzene rings is 2. The summed E-state index contributed by atoms with van der Waals surface area (Å²) in [5, 5.41) is 0. The van der Waals surface area contributed by atoms with E-state index in [0.29, 0.717) is 6.61 Å². The summed E-state index contributed by atoms with van der Waals surface area (Å²) in [6, 6.07) is 14.2. The van der Waals surface area contributed by atoms with Crippen molar-refractivity contribution in [3.8, 4) is 11.5 Å². The first-order chi connectivity index (χ1) is 10.2. The lowest BCUT2D eigenvalue weighted by molar-refractivity contribution is 0.156. The van der Waals surface area contributed by atoms with Crippen LogP contribution in [-0.4, -0.2) is 6.61 Å². The van der Waals surface area contributed by atoms with Crippen molar-refractivity contribution in [1.29, 1.82) is 0 Å². The standard InChI is InChI=1S/C18H21NO2/c1-3-20-16-7-5-4-6-13(16)18-11-15(19)14-10-12(2)8-9-17(14)21-18/h4-10,15,18H,3,11,19H2,1-2H3/t15-,18?/m0/s1. The van der Waals surface area contributed by atoms with Gasteiger partial charge in [-0.2, -0.15) is 0 Å². The maximum absolute atomic E-state index is 6.35. The zero-order valence-electron chi connectivity index (χ0n) is 12.5. The van der Waals surface area contributed by atoms with E-state index in [1.165, 1.54) is 5.56 Å². The van der Waals surface area contributed by atoms with Crippen LogP contribution >= 0.6 is 0 Å². The Morgan fingerprint density at radius 1 is 1.19 bits per heavy atom. The van der Waals surface area contributed by atoms with E-state index in [-0.39, 0.29) is 12.1 Å². The van der Waals surface area contributed by atoms with Gasteiger partial charge in [-0.3, -0.25) is 0 Å². The van der Waals surface area contributed by atoms with Gasteiger partial charge in [-0.1, -0.05) is 35.9 Å². The van der Waals surface area contributed by atoms with Crippen molar-refractivity contribution < 1.29 is 9.47 Å². The first kappa shape index (κ1) is 14.0. The van der Waals surface area contributed by atoms with Crippen molar-refractivity contribution in [2.24, 2.45) is 5.73 Å². The molecule has 2 aromatic carbocycles. The van der Waals surface area contributed by atoms with Gasteiger partial charge in [-0.05, 0) is 26.0 Å². The summed E-state index contributed by atoms with van der Waals surface area (Å²) in [7, 11) is 0. The Kier molecular flexibility index (Phi) is 3.84. The van der Waals surface area contributed by atoms with E-state index in [4.69, 9.17) is 15.2 Å². The lowest BCUT2D eigenvalue weighted by atomic mass is 9.92. The minimum Gasteiger partial charge on any atom is -0.493 e. The van der Waals surface area contributed by atoms with Gasteiger partial charge < -0.3 is 15.2 Å². The highest BCUT2D eigenvalue weighted by Gasteiger charge is 2.28.